The molecule has 0 aromatic rings. The molecular formula is C21H42OS. The van der Waals surface area contributed by atoms with Crippen molar-refractivity contribution in [2.45, 2.75) is 122 Å². The van der Waals surface area contributed by atoms with Gasteiger partial charge in [0.15, 0.2) is 0 Å². The second kappa shape index (κ2) is 12.6. The number of hydrogen-bond donors (Lipinski definition) is 2. The minimum atomic E-state index is -0.682. The van der Waals surface area contributed by atoms with Gasteiger partial charge >= 0.3 is 0 Å². The molecule has 0 aromatic carbocycles. The number of unbranched alkanes of at least 4 members (excludes halogenated alkanes) is 10. The molecule has 23 heavy (non-hydrogen) atoms. The van der Waals surface area contributed by atoms with Crippen molar-refractivity contribution in [3.8, 4) is 0 Å². The lowest BCUT2D eigenvalue weighted by Gasteiger charge is -2.31. The predicted octanol–water partition coefficient (Wildman–Crippen LogP) is 7.13. The van der Waals surface area contributed by atoms with Gasteiger partial charge in [0.2, 0.25) is 0 Å². The Morgan fingerprint density at radius 1 is 0.913 bits per heavy atom. The molecule has 1 rings (SSSR count). The van der Waals surface area contributed by atoms with Crippen LogP contribution in [0.4, 0.5) is 0 Å². The first-order chi connectivity index (χ1) is 11.1. The zero-order valence-corrected chi connectivity index (χ0v) is 16.8. The third kappa shape index (κ3) is 8.82. The highest BCUT2D eigenvalue weighted by Crippen LogP contribution is 2.45. The molecule has 1 fully saturated rings. The molecule has 0 aliphatic heterocycles. The van der Waals surface area contributed by atoms with Crippen LogP contribution >= 0.6 is 12.6 Å². The van der Waals surface area contributed by atoms with E-state index in [1.807, 2.05) is 0 Å². The molecule has 0 spiro atoms. The van der Waals surface area contributed by atoms with Crippen molar-refractivity contribution in [1.29, 1.82) is 0 Å². The van der Waals surface area contributed by atoms with Gasteiger partial charge in [-0.25, -0.2) is 0 Å². The van der Waals surface area contributed by atoms with E-state index in [0.29, 0.717) is 11.8 Å². The lowest BCUT2D eigenvalue weighted by Crippen LogP contribution is -2.31. The van der Waals surface area contributed by atoms with Crippen molar-refractivity contribution in [1.82, 2.24) is 0 Å². The second-order valence-electron chi connectivity index (χ2n) is 7.87. The first-order valence-corrected chi connectivity index (χ1v) is 11.0. The SMILES string of the molecule is CCCCCCCCCCCCCC(CC)C1CCCC1(O)S. The van der Waals surface area contributed by atoms with Crippen LogP contribution in [0.1, 0.15) is 117 Å². The fourth-order valence-corrected chi connectivity index (χ4v) is 4.87. The van der Waals surface area contributed by atoms with E-state index >= 15 is 0 Å². The van der Waals surface area contributed by atoms with Gasteiger partial charge in [-0.3, -0.25) is 0 Å². The summed E-state index contributed by atoms with van der Waals surface area (Å²) in [6.07, 6.45) is 21.2. The second-order valence-corrected chi connectivity index (χ2v) is 8.64. The minimum absolute atomic E-state index is 0.430. The van der Waals surface area contributed by atoms with Gasteiger partial charge in [-0.1, -0.05) is 97.3 Å². The van der Waals surface area contributed by atoms with Gasteiger partial charge in [0, 0.05) is 0 Å². The lowest BCUT2D eigenvalue weighted by molar-refractivity contribution is 0.0616. The highest BCUT2D eigenvalue weighted by molar-refractivity contribution is 7.81. The summed E-state index contributed by atoms with van der Waals surface area (Å²) < 4.78 is 0. The highest BCUT2D eigenvalue weighted by atomic mass is 32.1. The molecule has 1 aliphatic rings. The molecular weight excluding hydrogens is 300 g/mol. The zero-order chi connectivity index (χ0) is 17.0. The van der Waals surface area contributed by atoms with E-state index in [-0.39, 0.29) is 0 Å². The molecule has 0 aromatic heterocycles. The van der Waals surface area contributed by atoms with Crippen molar-refractivity contribution in [2.24, 2.45) is 11.8 Å². The van der Waals surface area contributed by atoms with Crippen LogP contribution in [0, 0.1) is 11.8 Å². The summed E-state index contributed by atoms with van der Waals surface area (Å²) in [7, 11) is 0. The van der Waals surface area contributed by atoms with Crippen LogP contribution < -0.4 is 0 Å². The molecule has 1 saturated carbocycles. The fourth-order valence-electron chi connectivity index (χ4n) is 4.37. The van der Waals surface area contributed by atoms with Gasteiger partial charge in [0.05, 0.1) is 0 Å². The van der Waals surface area contributed by atoms with E-state index < -0.39 is 4.93 Å². The lowest BCUT2D eigenvalue weighted by atomic mass is 9.83. The zero-order valence-electron chi connectivity index (χ0n) is 15.9. The van der Waals surface area contributed by atoms with Crippen molar-refractivity contribution in [3.63, 3.8) is 0 Å². The average molecular weight is 343 g/mol. The molecule has 1 N–H and O–H groups in total. The molecule has 1 nitrogen and oxygen atoms in total. The Morgan fingerprint density at radius 2 is 1.43 bits per heavy atom. The summed E-state index contributed by atoms with van der Waals surface area (Å²) in [4.78, 5) is -0.682. The standard InChI is InChI=1S/C21H42OS/c1-3-5-6-7-8-9-10-11-12-13-14-16-19(4-2)20-17-15-18-21(20,22)23/h19-20,22-23H,3-18H2,1-2H3. The summed E-state index contributed by atoms with van der Waals surface area (Å²) in [5, 5.41) is 10.4. The van der Waals surface area contributed by atoms with Gasteiger partial charge in [-0.2, -0.15) is 0 Å². The molecule has 3 atom stereocenters. The molecule has 0 bridgehead atoms. The average Bonchev–Trinajstić information content (AvgIpc) is 2.88. The van der Waals surface area contributed by atoms with E-state index in [4.69, 9.17) is 0 Å². The Kier molecular flexibility index (Phi) is 11.7. The van der Waals surface area contributed by atoms with Crippen LogP contribution in [-0.2, 0) is 0 Å². The first kappa shape index (κ1) is 21.4. The van der Waals surface area contributed by atoms with Gasteiger partial charge < -0.3 is 5.11 Å². The van der Waals surface area contributed by atoms with Crippen molar-refractivity contribution >= 4 is 12.6 Å². The van der Waals surface area contributed by atoms with Gasteiger partial charge in [-0.05, 0) is 31.1 Å². The quantitative estimate of drug-likeness (QED) is 0.195. The highest BCUT2D eigenvalue weighted by Gasteiger charge is 2.41. The van der Waals surface area contributed by atoms with Crippen LogP contribution in [-0.4, -0.2) is 10.0 Å². The summed E-state index contributed by atoms with van der Waals surface area (Å²) in [6, 6.07) is 0. The van der Waals surface area contributed by atoms with Crippen LogP contribution in [0.15, 0.2) is 0 Å². The molecule has 0 amide bonds. The normalized spacial score (nSPS) is 25.8. The Balaban J connectivity index is 1.97. The first-order valence-electron chi connectivity index (χ1n) is 10.6. The number of aliphatic hydroxyl groups is 1. The van der Waals surface area contributed by atoms with Crippen LogP contribution in [0.5, 0.6) is 0 Å². The summed E-state index contributed by atoms with van der Waals surface area (Å²) >= 11 is 4.53. The summed E-state index contributed by atoms with van der Waals surface area (Å²) in [5.74, 6) is 1.11. The Hall–Kier alpha value is 0.310. The number of hydrogen-bond acceptors (Lipinski definition) is 2. The van der Waals surface area contributed by atoms with E-state index in [0.717, 1.165) is 12.8 Å². The van der Waals surface area contributed by atoms with Crippen molar-refractivity contribution in [2.75, 3.05) is 0 Å². The third-order valence-corrected chi connectivity index (χ3v) is 6.48. The third-order valence-electron chi connectivity index (χ3n) is 5.93. The summed E-state index contributed by atoms with van der Waals surface area (Å²) in [6.45, 7) is 4.57. The molecule has 1 aliphatic carbocycles. The van der Waals surface area contributed by atoms with E-state index in [9.17, 15) is 5.11 Å². The maximum atomic E-state index is 10.4. The smallest absolute Gasteiger partial charge is 0.110 e. The molecule has 0 saturated heterocycles. The van der Waals surface area contributed by atoms with Gasteiger partial charge in [0.25, 0.3) is 0 Å². The molecule has 2 heteroatoms. The molecule has 0 radical (unpaired) electrons. The Morgan fingerprint density at radius 3 is 1.87 bits per heavy atom. The van der Waals surface area contributed by atoms with Crippen molar-refractivity contribution in [3.05, 3.63) is 0 Å². The van der Waals surface area contributed by atoms with E-state index in [2.05, 4.69) is 26.5 Å². The minimum Gasteiger partial charge on any atom is -0.379 e. The van der Waals surface area contributed by atoms with Crippen LogP contribution in [0.2, 0.25) is 0 Å². The van der Waals surface area contributed by atoms with E-state index in [1.54, 1.807) is 0 Å². The Bertz CT molecular complexity index is 277. The van der Waals surface area contributed by atoms with Crippen molar-refractivity contribution < 1.29 is 5.11 Å². The molecule has 3 unspecified atom stereocenters. The Labute approximate surface area is 151 Å². The van der Waals surface area contributed by atoms with Crippen LogP contribution in [0.25, 0.3) is 0 Å². The molecule has 138 valence electrons. The number of thiol groups is 1. The maximum absolute atomic E-state index is 10.4. The van der Waals surface area contributed by atoms with Crippen LogP contribution in [0.3, 0.4) is 0 Å². The largest absolute Gasteiger partial charge is 0.379 e. The molecule has 0 heterocycles. The number of rotatable bonds is 14. The maximum Gasteiger partial charge on any atom is 0.110 e. The van der Waals surface area contributed by atoms with E-state index in [1.165, 1.54) is 89.9 Å². The predicted molar refractivity (Wildman–Crippen MR) is 106 cm³/mol. The summed E-state index contributed by atoms with van der Waals surface area (Å²) in [5.41, 5.74) is 0. The fraction of sp³-hybridized carbons (Fsp3) is 1.00. The van der Waals surface area contributed by atoms with Gasteiger partial charge in [-0.15, -0.1) is 12.6 Å². The van der Waals surface area contributed by atoms with Gasteiger partial charge in [0.1, 0.15) is 4.93 Å². The topological polar surface area (TPSA) is 20.2 Å². The monoisotopic (exact) mass is 342 g/mol.